The number of anilines is 1. The molecular formula is C18H19ClFNO4S. The molecule has 1 amide bonds. The summed E-state index contributed by atoms with van der Waals surface area (Å²) in [7, 11) is 0. The van der Waals surface area contributed by atoms with Crippen molar-refractivity contribution in [3.63, 3.8) is 0 Å². The lowest BCUT2D eigenvalue weighted by molar-refractivity contribution is -0.118. The highest BCUT2D eigenvalue weighted by Crippen LogP contribution is 2.33. The zero-order valence-electron chi connectivity index (χ0n) is 14.6. The van der Waals surface area contributed by atoms with Crippen LogP contribution in [-0.2, 0) is 9.53 Å². The molecule has 0 aliphatic rings. The van der Waals surface area contributed by atoms with Gasteiger partial charge >= 0.3 is 5.97 Å². The molecule has 2 aromatic rings. The topological polar surface area (TPSA) is 64.6 Å². The molecule has 1 aromatic carbocycles. The molecule has 0 aliphatic carbocycles. The summed E-state index contributed by atoms with van der Waals surface area (Å²) >= 11 is 7.17. The first-order valence-electron chi connectivity index (χ1n) is 8.00. The lowest BCUT2D eigenvalue weighted by Crippen LogP contribution is -2.21. The molecule has 140 valence electrons. The number of amides is 1. The van der Waals surface area contributed by atoms with Gasteiger partial charge in [0.05, 0.1) is 17.2 Å². The number of nitrogens with one attached hydrogen (secondary N) is 1. The van der Waals surface area contributed by atoms with E-state index in [9.17, 15) is 14.0 Å². The van der Waals surface area contributed by atoms with E-state index in [4.69, 9.17) is 21.1 Å². The Hall–Kier alpha value is -2.12. The maximum absolute atomic E-state index is 13.0. The molecule has 2 rings (SSSR count). The maximum Gasteiger partial charge on any atom is 0.341 e. The Morgan fingerprint density at radius 3 is 2.65 bits per heavy atom. The summed E-state index contributed by atoms with van der Waals surface area (Å²) in [4.78, 5) is 25.2. The average Bonchev–Trinajstić information content (AvgIpc) is 2.98. The SMILES string of the molecule is CCOC(=O)c1cc(C(C)C)sc1NC(=O)COc1ccc(F)cc1Cl. The largest absolute Gasteiger partial charge is 0.482 e. The van der Waals surface area contributed by atoms with Gasteiger partial charge in [-0.05, 0) is 37.1 Å². The number of rotatable bonds is 7. The zero-order chi connectivity index (χ0) is 19.3. The zero-order valence-corrected chi connectivity index (χ0v) is 16.2. The minimum Gasteiger partial charge on any atom is -0.482 e. The highest BCUT2D eigenvalue weighted by molar-refractivity contribution is 7.16. The van der Waals surface area contributed by atoms with Crippen molar-refractivity contribution < 1.29 is 23.5 Å². The third kappa shape index (κ3) is 5.19. The van der Waals surface area contributed by atoms with Gasteiger partial charge in [-0.2, -0.15) is 0 Å². The predicted molar refractivity (Wildman–Crippen MR) is 99.9 cm³/mol. The minimum absolute atomic E-state index is 0.0724. The molecule has 1 N–H and O–H groups in total. The van der Waals surface area contributed by atoms with Gasteiger partial charge in [-0.3, -0.25) is 4.79 Å². The Morgan fingerprint density at radius 1 is 1.31 bits per heavy atom. The molecule has 0 saturated heterocycles. The van der Waals surface area contributed by atoms with Crippen LogP contribution in [0.5, 0.6) is 5.75 Å². The number of carbonyl (C=O) groups is 2. The Bertz CT molecular complexity index is 806. The fourth-order valence-electron chi connectivity index (χ4n) is 2.05. The van der Waals surface area contributed by atoms with E-state index in [0.29, 0.717) is 10.6 Å². The number of carbonyl (C=O) groups excluding carboxylic acids is 2. The summed E-state index contributed by atoms with van der Waals surface area (Å²) in [6.07, 6.45) is 0. The predicted octanol–water partition coefficient (Wildman–Crippen LogP) is 4.86. The number of halogens is 2. The molecule has 8 heteroatoms. The molecule has 0 fully saturated rings. The first-order chi connectivity index (χ1) is 12.3. The minimum atomic E-state index is -0.495. The van der Waals surface area contributed by atoms with Crippen molar-refractivity contribution in [3.05, 3.63) is 45.5 Å². The molecule has 0 bridgehead atoms. The van der Waals surface area contributed by atoms with Gasteiger partial charge in [0.2, 0.25) is 0 Å². The van der Waals surface area contributed by atoms with Crippen molar-refractivity contribution in [2.45, 2.75) is 26.7 Å². The summed E-state index contributed by atoms with van der Waals surface area (Å²) in [5.74, 6) is -1.05. The number of ether oxygens (including phenoxy) is 2. The standard InChI is InChI=1S/C18H19ClFNO4S/c1-4-24-18(23)12-8-15(10(2)3)26-17(12)21-16(22)9-25-14-6-5-11(20)7-13(14)19/h5-8,10H,4,9H2,1-3H3,(H,21,22). The van der Waals surface area contributed by atoms with Crippen LogP contribution in [0.25, 0.3) is 0 Å². The lowest BCUT2D eigenvalue weighted by Gasteiger charge is -2.09. The molecular weight excluding hydrogens is 381 g/mol. The summed E-state index contributed by atoms with van der Waals surface area (Å²) in [5, 5.41) is 3.14. The second kappa shape index (κ2) is 9.00. The monoisotopic (exact) mass is 399 g/mol. The summed E-state index contributed by atoms with van der Waals surface area (Å²) in [6.45, 7) is 5.61. The summed E-state index contributed by atoms with van der Waals surface area (Å²) in [6, 6.07) is 5.35. The molecule has 1 heterocycles. The van der Waals surface area contributed by atoms with E-state index in [1.165, 1.54) is 23.5 Å². The van der Waals surface area contributed by atoms with Crippen molar-refractivity contribution in [1.82, 2.24) is 0 Å². The highest BCUT2D eigenvalue weighted by atomic mass is 35.5. The van der Waals surface area contributed by atoms with Gasteiger partial charge in [-0.25, -0.2) is 9.18 Å². The van der Waals surface area contributed by atoms with Crippen LogP contribution in [0.2, 0.25) is 5.02 Å². The second-order valence-electron chi connectivity index (χ2n) is 5.68. The Kier molecular flexibility index (Phi) is 6.99. The van der Waals surface area contributed by atoms with Crippen LogP contribution in [0.4, 0.5) is 9.39 Å². The average molecular weight is 400 g/mol. The van der Waals surface area contributed by atoms with Crippen LogP contribution in [0.1, 0.15) is 41.9 Å². The third-order valence-corrected chi connectivity index (χ3v) is 4.97. The van der Waals surface area contributed by atoms with Crippen molar-refractivity contribution in [2.24, 2.45) is 0 Å². The first kappa shape index (κ1) is 20.2. The van der Waals surface area contributed by atoms with E-state index in [1.54, 1.807) is 13.0 Å². The second-order valence-corrected chi connectivity index (χ2v) is 7.17. The van der Waals surface area contributed by atoms with E-state index in [0.717, 1.165) is 10.9 Å². The molecule has 0 spiro atoms. The van der Waals surface area contributed by atoms with Gasteiger partial charge in [0, 0.05) is 4.88 Å². The van der Waals surface area contributed by atoms with E-state index in [1.807, 2.05) is 13.8 Å². The molecule has 0 atom stereocenters. The van der Waals surface area contributed by atoms with Gasteiger partial charge in [0.25, 0.3) is 5.91 Å². The van der Waals surface area contributed by atoms with E-state index in [2.05, 4.69) is 5.32 Å². The molecule has 5 nitrogen and oxygen atoms in total. The fraction of sp³-hybridized carbons (Fsp3) is 0.333. The maximum atomic E-state index is 13.0. The highest BCUT2D eigenvalue weighted by Gasteiger charge is 2.20. The van der Waals surface area contributed by atoms with Gasteiger partial charge < -0.3 is 14.8 Å². The van der Waals surface area contributed by atoms with E-state index < -0.39 is 17.7 Å². The van der Waals surface area contributed by atoms with Crippen molar-refractivity contribution in [3.8, 4) is 5.75 Å². The fourth-order valence-corrected chi connectivity index (χ4v) is 3.33. The van der Waals surface area contributed by atoms with Gasteiger partial charge in [-0.15, -0.1) is 11.3 Å². The molecule has 0 radical (unpaired) electrons. The Balaban J connectivity index is 2.08. The molecule has 0 unspecified atom stereocenters. The van der Waals surface area contributed by atoms with Crippen LogP contribution in [0, 0.1) is 5.82 Å². The van der Waals surface area contributed by atoms with Crippen molar-refractivity contribution in [2.75, 3.05) is 18.5 Å². The molecule has 0 aliphatic heterocycles. The number of esters is 1. The molecule has 26 heavy (non-hydrogen) atoms. The summed E-state index contributed by atoms with van der Waals surface area (Å²) in [5.41, 5.74) is 0.314. The van der Waals surface area contributed by atoms with Crippen LogP contribution in [0.3, 0.4) is 0 Å². The van der Waals surface area contributed by atoms with Crippen LogP contribution < -0.4 is 10.1 Å². The van der Waals surface area contributed by atoms with Crippen LogP contribution >= 0.6 is 22.9 Å². The van der Waals surface area contributed by atoms with E-state index in [-0.39, 0.29) is 29.9 Å². The first-order valence-corrected chi connectivity index (χ1v) is 9.19. The Labute approximate surface area is 160 Å². The van der Waals surface area contributed by atoms with Gasteiger partial charge in [0.15, 0.2) is 6.61 Å². The lowest BCUT2D eigenvalue weighted by atomic mass is 10.1. The molecule has 1 aromatic heterocycles. The van der Waals surface area contributed by atoms with Gasteiger partial charge in [-0.1, -0.05) is 25.4 Å². The number of hydrogen-bond acceptors (Lipinski definition) is 5. The van der Waals surface area contributed by atoms with Crippen molar-refractivity contribution >= 4 is 39.8 Å². The number of thiophene rings is 1. The van der Waals surface area contributed by atoms with Crippen molar-refractivity contribution in [1.29, 1.82) is 0 Å². The quantitative estimate of drug-likeness (QED) is 0.675. The van der Waals surface area contributed by atoms with Crippen LogP contribution in [-0.4, -0.2) is 25.1 Å². The normalized spacial score (nSPS) is 10.7. The van der Waals surface area contributed by atoms with Crippen LogP contribution in [0.15, 0.2) is 24.3 Å². The summed E-state index contributed by atoms with van der Waals surface area (Å²) < 4.78 is 23.4. The van der Waals surface area contributed by atoms with Gasteiger partial charge in [0.1, 0.15) is 16.6 Å². The smallest absolute Gasteiger partial charge is 0.341 e. The third-order valence-electron chi connectivity index (χ3n) is 3.32. The number of benzene rings is 1. The Morgan fingerprint density at radius 2 is 2.04 bits per heavy atom. The van der Waals surface area contributed by atoms with E-state index >= 15 is 0 Å². The molecule has 0 saturated carbocycles. The number of hydrogen-bond donors (Lipinski definition) is 1.